The number of nitrogens with one attached hydrogen (secondary N) is 1. The molecule has 2 aliphatic rings. The van der Waals surface area contributed by atoms with E-state index in [1.165, 1.54) is 22.3 Å². The summed E-state index contributed by atoms with van der Waals surface area (Å²) in [7, 11) is 0. The Morgan fingerprint density at radius 2 is 1.93 bits per heavy atom. The van der Waals surface area contributed by atoms with Gasteiger partial charge in [-0.2, -0.15) is 0 Å². The smallest absolute Gasteiger partial charge is 0.409 e. The summed E-state index contributed by atoms with van der Waals surface area (Å²) in [6.45, 7) is 5.61. The van der Waals surface area contributed by atoms with Crippen molar-refractivity contribution in [3.8, 4) is 0 Å². The SMILES string of the molecule is CCOC(=O)N1CCC(=C2c3ccc(C)cc3CCc3c2[nH]ccc3=O)CC1. The van der Waals surface area contributed by atoms with E-state index >= 15 is 0 Å². The largest absolute Gasteiger partial charge is 0.450 e. The second-order valence-electron chi connectivity index (χ2n) is 7.52. The Labute approximate surface area is 165 Å². The number of pyridine rings is 1. The van der Waals surface area contributed by atoms with E-state index in [1.54, 1.807) is 17.2 Å². The topological polar surface area (TPSA) is 62.4 Å². The predicted molar refractivity (Wildman–Crippen MR) is 110 cm³/mol. The highest BCUT2D eigenvalue weighted by molar-refractivity contribution is 5.84. The zero-order chi connectivity index (χ0) is 19.7. The van der Waals surface area contributed by atoms with Crippen LogP contribution in [-0.2, 0) is 17.6 Å². The molecule has 0 radical (unpaired) electrons. The van der Waals surface area contributed by atoms with Crippen LogP contribution in [0.15, 0.2) is 40.8 Å². The number of nitrogens with zero attached hydrogens (tertiary/aromatic N) is 1. The van der Waals surface area contributed by atoms with Gasteiger partial charge in [0.25, 0.3) is 0 Å². The van der Waals surface area contributed by atoms with Crippen molar-refractivity contribution >= 4 is 11.7 Å². The summed E-state index contributed by atoms with van der Waals surface area (Å²) in [5, 5.41) is 0. The maximum atomic E-state index is 12.6. The Balaban J connectivity index is 1.80. The number of ether oxygens (including phenoxy) is 1. The number of carbonyl (C=O) groups is 1. The van der Waals surface area contributed by atoms with Gasteiger partial charge in [0.2, 0.25) is 0 Å². The van der Waals surface area contributed by atoms with Crippen LogP contribution in [0.1, 0.15) is 47.7 Å². The van der Waals surface area contributed by atoms with Gasteiger partial charge < -0.3 is 14.6 Å². The van der Waals surface area contributed by atoms with E-state index in [9.17, 15) is 9.59 Å². The van der Waals surface area contributed by atoms with E-state index in [-0.39, 0.29) is 11.5 Å². The molecule has 28 heavy (non-hydrogen) atoms. The molecular formula is C23H26N2O3. The maximum Gasteiger partial charge on any atom is 0.409 e. The van der Waals surface area contributed by atoms with Gasteiger partial charge in [-0.25, -0.2) is 4.79 Å². The average Bonchev–Trinajstić information content (AvgIpc) is 2.85. The lowest BCUT2D eigenvalue weighted by molar-refractivity contribution is 0.104. The van der Waals surface area contributed by atoms with Crippen LogP contribution in [0, 0.1) is 6.92 Å². The summed E-state index contributed by atoms with van der Waals surface area (Å²) in [5.74, 6) is 0. The van der Waals surface area contributed by atoms with Crippen molar-refractivity contribution < 1.29 is 9.53 Å². The van der Waals surface area contributed by atoms with Gasteiger partial charge in [-0.1, -0.05) is 29.3 Å². The molecule has 1 N–H and O–H groups in total. The third-order valence-electron chi connectivity index (χ3n) is 5.73. The number of aromatic amines is 1. The second-order valence-corrected chi connectivity index (χ2v) is 7.52. The summed E-state index contributed by atoms with van der Waals surface area (Å²) < 4.78 is 5.15. The first-order valence-electron chi connectivity index (χ1n) is 10.0. The molecule has 0 unspecified atom stereocenters. The molecule has 146 valence electrons. The van der Waals surface area contributed by atoms with E-state index in [4.69, 9.17) is 4.74 Å². The molecule has 1 aromatic heterocycles. The quantitative estimate of drug-likeness (QED) is 0.820. The van der Waals surface area contributed by atoms with Crippen LogP contribution in [0.4, 0.5) is 4.79 Å². The molecule has 5 heteroatoms. The minimum atomic E-state index is -0.239. The zero-order valence-corrected chi connectivity index (χ0v) is 16.5. The zero-order valence-electron chi connectivity index (χ0n) is 16.5. The number of H-pyrrole nitrogens is 1. The van der Waals surface area contributed by atoms with Gasteiger partial charge in [-0.05, 0) is 50.7 Å². The van der Waals surface area contributed by atoms with E-state index in [0.29, 0.717) is 19.7 Å². The van der Waals surface area contributed by atoms with Gasteiger partial charge in [0.1, 0.15) is 0 Å². The number of hydrogen-bond donors (Lipinski definition) is 1. The number of likely N-dealkylation sites (tertiary alicyclic amines) is 1. The molecule has 2 heterocycles. The van der Waals surface area contributed by atoms with Crippen LogP contribution in [0.3, 0.4) is 0 Å². The van der Waals surface area contributed by atoms with Crippen molar-refractivity contribution in [2.45, 2.75) is 39.5 Å². The van der Waals surface area contributed by atoms with Crippen LogP contribution in [0.25, 0.3) is 5.57 Å². The van der Waals surface area contributed by atoms with Gasteiger partial charge in [0.05, 0.1) is 12.3 Å². The maximum absolute atomic E-state index is 12.6. The molecule has 2 aromatic rings. The van der Waals surface area contributed by atoms with Crippen molar-refractivity contribution in [2.75, 3.05) is 19.7 Å². The second kappa shape index (κ2) is 7.66. The lowest BCUT2D eigenvalue weighted by Crippen LogP contribution is -2.37. The third-order valence-corrected chi connectivity index (χ3v) is 5.73. The molecule has 1 amide bonds. The van der Waals surface area contributed by atoms with Gasteiger partial charge in [-0.15, -0.1) is 0 Å². The Kier molecular flexibility index (Phi) is 5.07. The number of hydrogen-bond acceptors (Lipinski definition) is 3. The molecule has 5 nitrogen and oxygen atoms in total. The number of piperidine rings is 1. The summed E-state index contributed by atoms with van der Waals surface area (Å²) in [6.07, 6.45) is 4.69. The summed E-state index contributed by atoms with van der Waals surface area (Å²) in [5.41, 5.74) is 8.11. The highest BCUT2D eigenvalue weighted by Crippen LogP contribution is 2.37. The first-order valence-corrected chi connectivity index (χ1v) is 10.0. The molecule has 0 spiro atoms. The Morgan fingerprint density at radius 3 is 2.68 bits per heavy atom. The van der Waals surface area contributed by atoms with Crippen LogP contribution in [-0.4, -0.2) is 35.7 Å². The van der Waals surface area contributed by atoms with Crippen LogP contribution < -0.4 is 5.43 Å². The number of aromatic nitrogens is 1. The first-order chi connectivity index (χ1) is 13.6. The fourth-order valence-electron chi connectivity index (χ4n) is 4.34. The van der Waals surface area contributed by atoms with Crippen molar-refractivity contribution in [2.24, 2.45) is 0 Å². The van der Waals surface area contributed by atoms with E-state index < -0.39 is 0 Å². The fraction of sp³-hybridized carbons (Fsp3) is 0.391. The van der Waals surface area contributed by atoms with Gasteiger partial charge in [0, 0.05) is 36.5 Å². The van der Waals surface area contributed by atoms with Crippen LogP contribution in [0.2, 0.25) is 0 Å². The van der Waals surface area contributed by atoms with E-state index in [2.05, 4.69) is 30.1 Å². The fourth-order valence-corrected chi connectivity index (χ4v) is 4.34. The summed E-state index contributed by atoms with van der Waals surface area (Å²) in [4.78, 5) is 29.8. The molecule has 1 saturated heterocycles. The van der Waals surface area contributed by atoms with Gasteiger partial charge in [0.15, 0.2) is 5.43 Å². The number of aryl methyl sites for hydroxylation is 2. The highest BCUT2D eigenvalue weighted by atomic mass is 16.6. The third kappa shape index (κ3) is 3.37. The van der Waals surface area contributed by atoms with Crippen LogP contribution >= 0.6 is 0 Å². The molecule has 1 aromatic carbocycles. The lowest BCUT2D eigenvalue weighted by Gasteiger charge is -2.29. The Morgan fingerprint density at radius 1 is 1.14 bits per heavy atom. The molecule has 4 rings (SSSR count). The molecular weight excluding hydrogens is 352 g/mol. The lowest BCUT2D eigenvalue weighted by atomic mass is 9.88. The average molecular weight is 378 g/mol. The van der Waals surface area contributed by atoms with Crippen molar-refractivity contribution in [3.63, 3.8) is 0 Å². The molecule has 1 aliphatic heterocycles. The minimum absolute atomic E-state index is 0.0975. The molecule has 1 aliphatic carbocycles. The van der Waals surface area contributed by atoms with Gasteiger partial charge >= 0.3 is 6.09 Å². The number of fused-ring (bicyclic) bond motifs is 2. The normalized spacial score (nSPS) is 16.3. The standard InChI is InChI=1S/C23H26N2O3/c1-3-28-23(27)25-12-9-16(10-13-25)21-18-6-4-15(2)14-17(18)5-7-19-20(26)8-11-24-22(19)21/h4,6,8,11,14H,3,5,7,9-10,12-13H2,1-2H3,(H,24,26). The molecule has 0 bridgehead atoms. The number of rotatable bonds is 1. The Bertz CT molecular complexity index is 993. The van der Waals surface area contributed by atoms with Crippen molar-refractivity contribution in [1.82, 2.24) is 9.88 Å². The first kappa shape index (κ1) is 18.5. The van der Waals surface area contributed by atoms with E-state index in [1.807, 2.05) is 6.92 Å². The number of carbonyl (C=O) groups excluding carboxylic acids is 1. The summed E-state index contributed by atoms with van der Waals surface area (Å²) in [6, 6.07) is 8.18. The van der Waals surface area contributed by atoms with Crippen LogP contribution in [0.5, 0.6) is 0 Å². The molecule has 1 fully saturated rings. The number of benzene rings is 1. The Hall–Kier alpha value is -2.82. The molecule has 0 atom stereocenters. The van der Waals surface area contributed by atoms with Crippen molar-refractivity contribution in [3.05, 3.63) is 74.2 Å². The highest BCUT2D eigenvalue weighted by Gasteiger charge is 2.27. The monoisotopic (exact) mass is 378 g/mol. The van der Waals surface area contributed by atoms with Gasteiger partial charge in [-0.3, -0.25) is 4.79 Å². The predicted octanol–water partition coefficient (Wildman–Crippen LogP) is 3.84. The van der Waals surface area contributed by atoms with Crippen molar-refractivity contribution in [1.29, 1.82) is 0 Å². The number of amides is 1. The molecule has 0 saturated carbocycles. The minimum Gasteiger partial charge on any atom is -0.450 e. The van der Waals surface area contributed by atoms with E-state index in [0.717, 1.165) is 42.5 Å². The summed E-state index contributed by atoms with van der Waals surface area (Å²) >= 11 is 0.